The summed E-state index contributed by atoms with van der Waals surface area (Å²) in [4.78, 5) is 10.1. The molecule has 1 nitrogen and oxygen atoms in total. The Hall–Kier alpha value is -0.0257. The molecule has 2 aromatic carbocycles. The smallest absolute Gasteiger partial charge is 0.364 e. The van der Waals surface area contributed by atoms with Crippen molar-refractivity contribution in [3.63, 3.8) is 0 Å². The second-order valence-corrected chi connectivity index (χ2v) is 12.8. The first-order chi connectivity index (χ1) is 16.7. The van der Waals surface area contributed by atoms with Gasteiger partial charge < -0.3 is 24.4 Å². The van der Waals surface area contributed by atoms with Crippen molar-refractivity contribution in [3.05, 3.63) is 80.2 Å². The van der Waals surface area contributed by atoms with Gasteiger partial charge in [-0.25, -0.2) is 0 Å². The Morgan fingerprint density at radius 1 is 0.686 bits per heavy atom. The third kappa shape index (κ3) is 19.7. The van der Waals surface area contributed by atoms with E-state index in [4.69, 9.17) is 0 Å². The molecule has 2 aliphatic carbocycles. The molecule has 2 saturated carbocycles. The van der Waals surface area contributed by atoms with Crippen molar-refractivity contribution in [2.45, 2.75) is 90.9 Å². The van der Waals surface area contributed by atoms with Crippen molar-refractivity contribution in [1.29, 1.82) is 0 Å². The molecule has 1 N–H and O–H groups in total. The molecule has 0 spiro atoms. The molecule has 4 heteroatoms. The van der Waals surface area contributed by atoms with Crippen LogP contribution in [0.1, 0.15) is 90.9 Å². The fraction of sp³-hybridized carbons (Fsp3) is 0.516. The Morgan fingerprint density at radius 2 is 1.03 bits per heavy atom. The van der Waals surface area contributed by atoms with Crippen LogP contribution in [0.2, 0.25) is 0 Å². The average Bonchev–Trinajstić information content (AvgIpc) is 3.67. The van der Waals surface area contributed by atoms with Crippen LogP contribution in [0, 0.1) is 19.5 Å². The monoisotopic (exact) mass is 547 g/mol. The topological polar surface area (TPSA) is 20.2 Å². The molecule has 2 aliphatic rings. The zero-order valence-electron chi connectivity index (χ0n) is 22.4. The third-order valence-corrected chi connectivity index (χ3v) is 9.26. The number of hydrogen-bond acceptors (Lipinski definition) is 1. The van der Waals surface area contributed by atoms with E-state index in [1.165, 1.54) is 89.4 Å². The predicted octanol–water partition coefficient (Wildman–Crippen LogP) is 9.41. The maximum atomic E-state index is 10.1. The summed E-state index contributed by atoms with van der Waals surface area (Å²) in [5.41, 5.74) is 0. The fourth-order valence-electron chi connectivity index (χ4n) is 3.61. The summed E-state index contributed by atoms with van der Waals surface area (Å²) in [7, 11) is -1.01. The molecular weight excluding hydrogens is 498 g/mol. The van der Waals surface area contributed by atoms with E-state index in [2.05, 4.69) is 33.4 Å². The van der Waals surface area contributed by atoms with E-state index in [1.54, 1.807) is 0 Å². The molecular formula is C31H49OP2Ti. The van der Waals surface area contributed by atoms with Gasteiger partial charge in [0.15, 0.2) is 0 Å². The van der Waals surface area contributed by atoms with Crippen LogP contribution in [0.4, 0.5) is 0 Å². The Balaban J connectivity index is 0.000000479. The molecule has 0 bridgehead atoms. The van der Waals surface area contributed by atoms with E-state index < -0.39 is 8.15 Å². The fourth-order valence-corrected chi connectivity index (χ4v) is 6.56. The summed E-state index contributed by atoms with van der Waals surface area (Å²) >= 11 is 0. The number of benzene rings is 2. The van der Waals surface area contributed by atoms with E-state index in [0.29, 0.717) is 0 Å². The second kappa shape index (κ2) is 25.6. The maximum absolute atomic E-state index is 10.1. The zero-order valence-corrected chi connectivity index (χ0v) is 25.7. The van der Waals surface area contributed by atoms with Crippen LogP contribution in [0.5, 0.6) is 0 Å². The van der Waals surface area contributed by atoms with E-state index in [-0.39, 0.29) is 29.6 Å². The predicted molar refractivity (Wildman–Crippen MR) is 159 cm³/mol. The summed E-state index contributed by atoms with van der Waals surface area (Å²) in [5, 5.41) is 1.99. The minimum Gasteiger partial charge on any atom is -0.364 e. The summed E-state index contributed by atoms with van der Waals surface area (Å²) in [6.45, 7) is 8.68. The summed E-state index contributed by atoms with van der Waals surface area (Å²) in [6, 6.07) is 19.5. The first-order valence-corrected chi connectivity index (χ1v) is 16.7. The number of unbranched alkanes of at least 4 members (excludes halogenated alkanes) is 2. The molecule has 1 radical (unpaired) electrons. The second-order valence-electron chi connectivity index (χ2n) is 8.95. The van der Waals surface area contributed by atoms with Crippen molar-refractivity contribution >= 4 is 26.7 Å². The Bertz CT molecular complexity index is 587. The molecule has 0 aromatic heterocycles. The van der Waals surface area contributed by atoms with Gasteiger partial charge in [0.25, 0.3) is 0 Å². The molecule has 0 amide bonds. The molecule has 2 fully saturated rings. The number of hydrogen-bond donors (Lipinski definition) is 1. The molecule has 193 valence electrons. The van der Waals surface area contributed by atoms with Crippen molar-refractivity contribution in [2.24, 2.45) is 0 Å². The average molecular weight is 548 g/mol. The van der Waals surface area contributed by atoms with Gasteiger partial charge in [-0.15, -0.1) is 0 Å². The van der Waals surface area contributed by atoms with Gasteiger partial charge in [-0.1, -0.05) is 138 Å². The molecule has 0 unspecified atom stereocenters. The van der Waals surface area contributed by atoms with Crippen LogP contribution < -0.4 is 10.6 Å². The third-order valence-electron chi connectivity index (χ3n) is 5.79. The van der Waals surface area contributed by atoms with Crippen LogP contribution in [0.3, 0.4) is 0 Å². The molecule has 0 aliphatic heterocycles. The van der Waals surface area contributed by atoms with Crippen molar-refractivity contribution in [1.82, 2.24) is 0 Å². The first kappa shape index (κ1) is 35.0. The normalized spacial score (nSPS) is 14.1. The first-order valence-electron chi connectivity index (χ1n) is 13.5. The van der Waals surface area contributed by atoms with Crippen LogP contribution in [-0.2, 0) is 21.7 Å². The van der Waals surface area contributed by atoms with Gasteiger partial charge in [0.1, 0.15) is 0 Å². The van der Waals surface area contributed by atoms with Crippen LogP contribution in [-0.4, -0.2) is 17.2 Å². The van der Waals surface area contributed by atoms with E-state index in [1.807, 2.05) is 60.7 Å². The van der Waals surface area contributed by atoms with Crippen LogP contribution >= 0.6 is 16.1 Å². The van der Waals surface area contributed by atoms with Gasteiger partial charge in [-0.05, 0) is 0 Å². The Labute approximate surface area is 235 Å². The van der Waals surface area contributed by atoms with Gasteiger partial charge in [-0.3, -0.25) is 7.92 Å². The van der Waals surface area contributed by atoms with Gasteiger partial charge in [0.2, 0.25) is 0 Å². The van der Waals surface area contributed by atoms with Crippen molar-refractivity contribution in [2.75, 3.05) is 12.3 Å². The number of rotatable bonds is 8. The standard InChI is InChI=1S/C12H11OP.C9H20P.2C5H9.Ti/c13-14(11-7-3-1-4-8-11)12-9-5-2-6-10-12;1-4-6-8-10(3)9-7-5-2;2*1-2-4-5-3-1;/h1-10,13H;3-9H2,1-2H3;2*1H,2-5H2;/q;3*-1;+3. The van der Waals surface area contributed by atoms with E-state index >= 15 is 0 Å². The minimum absolute atomic E-state index is 0. The SMILES string of the molecule is OP(c1ccccc1)c1ccccc1.[CH-]1CCCC1.[CH-]1CCCC1.[CH2-]P(CCCC)CCCC.[Ti+3]. The molecule has 4 rings (SSSR count). The van der Waals surface area contributed by atoms with E-state index in [0.717, 1.165) is 10.6 Å². The van der Waals surface area contributed by atoms with Crippen LogP contribution in [0.15, 0.2) is 60.7 Å². The molecule has 2 aromatic rings. The Morgan fingerprint density at radius 3 is 1.29 bits per heavy atom. The van der Waals surface area contributed by atoms with Gasteiger partial charge >= 0.3 is 21.7 Å². The van der Waals surface area contributed by atoms with E-state index in [9.17, 15) is 4.89 Å². The maximum Gasteiger partial charge on any atom is 3.00 e. The van der Waals surface area contributed by atoms with Crippen LogP contribution in [0.25, 0.3) is 0 Å². The van der Waals surface area contributed by atoms with Gasteiger partial charge in [-0.2, -0.15) is 25.7 Å². The summed E-state index contributed by atoms with van der Waals surface area (Å²) < 4.78 is 0. The largest absolute Gasteiger partial charge is 3.00 e. The molecule has 0 atom stereocenters. The quantitative estimate of drug-likeness (QED) is 0.198. The molecule has 35 heavy (non-hydrogen) atoms. The minimum atomic E-state index is -1.17. The van der Waals surface area contributed by atoms with Gasteiger partial charge in [0, 0.05) is 10.6 Å². The zero-order chi connectivity index (χ0) is 24.7. The van der Waals surface area contributed by atoms with Crippen molar-refractivity contribution < 1.29 is 26.6 Å². The van der Waals surface area contributed by atoms with Crippen molar-refractivity contribution in [3.8, 4) is 0 Å². The Kier molecular flexibility index (Phi) is 25.6. The summed E-state index contributed by atoms with van der Waals surface area (Å²) in [6.07, 6.45) is 24.2. The van der Waals surface area contributed by atoms with Gasteiger partial charge in [0.05, 0.1) is 8.15 Å². The summed E-state index contributed by atoms with van der Waals surface area (Å²) in [5.74, 6) is 0. The molecule has 0 saturated heterocycles. The molecule has 0 heterocycles.